The smallest absolute Gasteiger partial charge is 0.239 e. The number of hydrogen-bond donors (Lipinski definition) is 2. The standard InChI is InChI=1S/C41H52N2O8/c1-4-21-48-41-37(43(3)40(47)28-15-16-28)25-35(42-49-5-2)33-23-29(12-6-8-19-44)32(14-7-9-20-45)38(39(33)41)34-24-31(17-18-36(34)51-41)50-30-13-10-11-27(22-30)26-46/h4,10-11,13,17-18,22-24,26,28-29,32,37-39,44-45H,1,5-9,12,14-16,19-21,25H2,2-3H3. The number of carbonyl (C=O) groups is 2. The summed E-state index contributed by atoms with van der Waals surface area (Å²) in [5, 5.41) is 24.3. The molecule has 0 bridgehead atoms. The average Bonchev–Trinajstić information content (AvgIpc) is 4.00. The summed E-state index contributed by atoms with van der Waals surface area (Å²) in [5.41, 5.74) is 3.29. The number of rotatable bonds is 18. The summed E-state index contributed by atoms with van der Waals surface area (Å²) in [6.45, 7) is 6.75. The number of fused-ring (bicyclic) bond motifs is 2. The van der Waals surface area contributed by atoms with Gasteiger partial charge in [0, 0.05) is 49.6 Å². The third-order valence-corrected chi connectivity index (χ3v) is 10.9. The van der Waals surface area contributed by atoms with Crippen LogP contribution in [-0.4, -0.2) is 78.3 Å². The number of nitrogens with zero attached hydrogens (tertiary/aromatic N) is 2. The van der Waals surface area contributed by atoms with Crippen LogP contribution in [0.25, 0.3) is 0 Å². The SMILES string of the molecule is C=CCOC12Oc3ccc(Oc4cccc(C=O)c4)cc3C3C(CCCCO)C(CCCCO)C=C(C(=NOCC)CC1N(C)C(=O)C1CC1)C32. The molecule has 2 saturated carbocycles. The molecule has 3 aliphatic carbocycles. The molecule has 2 aromatic rings. The number of benzene rings is 2. The maximum atomic E-state index is 13.8. The second-order valence-corrected chi connectivity index (χ2v) is 14.2. The number of likely N-dealkylation sites (N-methyl/N-ethyl adjacent to an activating group) is 1. The molecule has 51 heavy (non-hydrogen) atoms. The van der Waals surface area contributed by atoms with E-state index in [1.54, 1.807) is 24.3 Å². The van der Waals surface area contributed by atoms with Gasteiger partial charge in [0.25, 0.3) is 0 Å². The van der Waals surface area contributed by atoms with Gasteiger partial charge in [-0.25, -0.2) is 0 Å². The Hall–Kier alpha value is -3.99. The summed E-state index contributed by atoms with van der Waals surface area (Å²) in [4.78, 5) is 32.9. The predicted octanol–water partition coefficient (Wildman–Crippen LogP) is 6.81. The van der Waals surface area contributed by atoms with Gasteiger partial charge in [-0.15, -0.1) is 6.58 Å². The Morgan fingerprint density at radius 1 is 1.08 bits per heavy atom. The molecule has 6 atom stereocenters. The van der Waals surface area contributed by atoms with Gasteiger partial charge in [-0.05, 0) is 93.2 Å². The summed E-state index contributed by atoms with van der Waals surface area (Å²) in [5.74, 6) is 0.393. The van der Waals surface area contributed by atoms with Crippen molar-refractivity contribution in [2.45, 2.75) is 82.5 Å². The largest absolute Gasteiger partial charge is 0.459 e. The quantitative estimate of drug-likeness (QED) is 0.0752. The van der Waals surface area contributed by atoms with Gasteiger partial charge < -0.3 is 34.2 Å². The Balaban J connectivity index is 1.55. The number of aldehydes is 1. The van der Waals surface area contributed by atoms with Crippen LogP contribution in [0.15, 0.2) is 71.9 Å². The van der Waals surface area contributed by atoms with E-state index in [1.165, 1.54) is 0 Å². The molecule has 0 saturated heterocycles. The lowest BCUT2D eigenvalue weighted by Gasteiger charge is -2.59. The Kier molecular flexibility index (Phi) is 12.0. The zero-order chi connectivity index (χ0) is 36.0. The first-order chi connectivity index (χ1) is 24.9. The molecular formula is C41H52N2O8. The fourth-order valence-electron chi connectivity index (χ4n) is 8.49. The molecule has 0 spiro atoms. The number of unbranched alkanes of at least 4 members (excludes halogenated alkanes) is 2. The fourth-order valence-corrected chi connectivity index (χ4v) is 8.49. The van der Waals surface area contributed by atoms with Crippen LogP contribution < -0.4 is 9.47 Å². The molecule has 10 nitrogen and oxygen atoms in total. The van der Waals surface area contributed by atoms with Gasteiger partial charge in [-0.1, -0.05) is 42.3 Å². The van der Waals surface area contributed by atoms with Crippen LogP contribution in [0.2, 0.25) is 0 Å². The van der Waals surface area contributed by atoms with E-state index in [2.05, 4.69) is 12.7 Å². The lowest BCUT2D eigenvalue weighted by molar-refractivity contribution is -0.255. The van der Waals surface area contributed by atoms with E-state index in [1.807, 2.05) is 43.1 Å². The molecule has 6 unspecified atom stereocenters. The molecule has 1 amide bonds. The summed E-state index contributed by atoms with van der Waals surface area (Å²) in [6.07, 6.45) is 11.8. The van der Waals surface area contributed by atoms with Crippen LogP contribution in [0, 0.1) is 23.7 Å². The van der Waals surface area contributed by atoms with Crippen LogP contribution in [0.4, 0.5) is 0 Å². The van der Waals surface area contributed by atoms with Crippen molar-refractivity contribution in [3.05, 3.63) is 77.9 Å². The van der Waals surface area contributed by atoms with Crippen LogP contribution in [-0.2, 0) is 14.4 Å². The molecular weight excluding hydrogens is 648 g/mol. The molecule has 1 aliphatic heterocycles. The van der Waals surface area contributed by atoms with Gasteiger partial charge in [0.15, 0.2) is 0 Å². The minimum absolute atomic E-state index is 0.00624. The van der Waals surface area contributed by atoms with Gasteiger partial charge in [0.2, 0.25) is 11.7 Å². The first-order valence-electron chi connectivity index (χ1n) is 18.6. The lowest BCUT2D eigenvalue weighted by Crippen LogP contribution is -2.69. The van der Waals surface area contributed by atoms with Crippen molar-refractivity contribution in [1.29, 1.82) is 0 Å². The molecule has 6 rings (SSSR count). The molecule has 0 radical (unpaired) electrons. The number of aliphatic hydroxyl groups is 2. The molecule has 2 N–H and O–H groups in total. The van der Waals surface area contributed by atoms with Gasteiger partial charge in [-0.3, -0.25) is 9.59 Å². The van der Waals surface area contributed by atoms with Gasteiger partial charge in [0.05, 0.1) is 18.2 Å². The van der Waals surface area contributed by atoms with E-state index in [4.69, 9.17) is 24.2 Å². The first kappa shape index (κ1) is 36.8. The van der Waals surface area contributed by atoms with Gasteiger partial charge in [-0.2, -0.15) is 0 Å². The zero-order valence-electron chi connectivity index (χ0n) is 29.9. The molecule has 2 aromatic carbocycles. The maximum Gasteiger partial charge on any atom is 0.239 e. The highest BCUT2D eigenvalue weighted by atomic mass is 16.7. The predicted molar refractivity (Wildman–Crippen MR) is 194 cm³/mol. The van der Waals surface area contributed by atoms with Crippen molar-refractivity contribution in [1.82, 2.24) is 4.90 Å². The number of aliphatic hydroxyl groups excluding tert-OH is 2. The van der Waals surface area contributed by atoms with E-state index in [0.717, 1.165) is 61.7 Å². The minimum atomic E-state index is -1.26. The molecule has 4 aliphatic rings. The molecule has 2 fully saturated rings. The number of amides is 1. The highest BCUT2D eigenvalue weighted by molar-refractivity contribution is 6.03. The molecule has 10 heteroatoms. The number of carbonyl (C=O) groups excluding carboxylic acids is 2. The van der Waals surface area contributed by atoms with E-state index in [9.17, 15) is 19.8 Å². The first-order valence-corrected chi connectivity index (χ1v) is 18.6. The van der Waals surface area contributed by atoms with E-state index < -0.39 is 11.8 Å². The van der Waals surface area contributed by atoms with Crippen molar-refractivity contribution in [2.24, 2.45) is 28.8 Å². The Bertz CT molecular complexity index is 1620. The second-order valence-electron chi connectivity index (χ2n) is 14.2. The van der Waals surface area contributed by atoms with E-state index in [-0.39, 0.29) is 55.3 Å². The Morgan fingerprint density at radius 3 is 2.55 bits per heavy atom. The van der Waals surface area contributed by atoms with Crippen LogP contribution >= 0.6 is 0 Å². The van der Waals surface area contributed by atoms with Crippen molar-refractivity contribution in [3.63, 3.8) is 0 Å². The van der Waals surface area contributed by atoms with Crippen molar-refractivity contribution < 1.29 is 38.9 Å². The summed E-state index contributed by atoms with van der Waals surface area (Å²) in [6, 6.07) is 12.4. The van der Waals surface area contributed by atoms with Crippen LogP contribution in [0.3, 0.4) is 0 Å². The van der Waals surface area contributed by atoms with Crippen LogP contribution in [0.5, 0.6) is 17.2 Å². The second kappa shape index (κ2) is 16.6. The van der Waals surface area contributed by atoms with E-state index >= 15 is 0 Å². The summed E-state index contributed by atoms with van der Waals surface area (Å²) < 4.78 is 20.4. The third kappa shape index (κ3) is 7.64. The normalized spacial score (nSPS) is 27.0. The van der Waals surface area contributed by atoms with E-state index in [0.29, 0.717) is 48.7 Å². The van der Waals surface area contributed by atoms with Crippen LogP contribution in [0.1, 0.15) is 86.6 Å². The number of hydrogen-bond acceptors (Lipinski definition) is 9. The Morgan fingerprint density at radius 2 is 1.84 bits per heavy atom. The highest BCUT2D eigenvalue weighted by Gasteiger charge is 2.65. The monoisotopic (exact) mass is 700 g/mol. The van der Waals surface area contributed by atoms with Gasteiger partial charge >= 0.3 is 0 Å². The van der Waals surface area contributed by atoms with Crippen molar-refractivity contribution >= 4 is 17.9 Å². The topological polar surface area (TPSA) is 127 Å². The summed E-state index contributed by atoms with van der Waals surface area (Å²) >= 11 is 0. The lowest BCUT2D eigenvalue weighted by atomic mass is 9.55. The fraction of sp³-hybridized carbons (Fsp3) is 0.537. The highest BCUT2D eigenvalue weighted by Crippen LogP contribution is 2.62. The van der Waals surface area contributed by atoms with Gasteiger partial charge in [0.1, 0.15) is 36.2 Å². The Labute approximate surface area is 301 Å². The number of oxime groups is 1. The zero-order valence-corrected chi connectivity index (χ0v) is 29.9. The minimum Gasteiger partial charge on any atom is -0.459 e. The molecule has 0 aromatic heterocycles. The maximum absolute atomic E-state index is 13.8. The number of allylic oxidation sites excluding steroid dienone is 1. The van der Waals surface area contributed by atoms with Crippen molar-refractivity contribution in [2.75, 3.05) is 33.5 Å². The third-order valence-electron chi connectivity index (χ3n) is 10.9. The summed E-state index contributed by atoms with van der Waals surface area (Å²) in [7, 11) is 1.86. The molecule has 1 heterocycles. The molecule has 274 valence electrons. The average molecular weight is 701 g/mol. The van der Waals surface area contributed by atoms with Crippen molar-refractivity contribution in [3.8, 4) is 17.2 Å². The number of ether oxygens (including phenoxy) is 3.